The molecule has 264 valence electrons. The molecular formula is C37H52BrN3O7. The van der Waals surface area contributed by atoms with E-state index in [-0.39, 0.29) is 48.2 Å². The van der Waals surface area contributed by atoms with Crippen LogP contribution in [0.3, 0.4) is 0 Å². The number of likely N-dealkylation sites (N-methyl/N-ethyl adjacent to an activating group) is 1. The Morgan fingerprint density at radius 2 is 1.88 bits per heavy atom. The molecule has 0 aromatic heterocycles. The third kappa shape index (κ3) is 6.87. The number of likely N-dealkylation sites (tertiary alicyclic amines) is 1. The van der Waals surface area contributed by atoms with Gasteiger partial charge in [0.05, 0.1) is 36.6 Å². The van der Waals surface area contributed by atoms with Gasteiger partial charge in [0.15, 0.2) is 0 Å². The Labute approximate surface area is 293 Å². The zero-order chi connectivity index (χ0) is 35.3. The van der Waals surface area contributed by atoms with E-state index in [0.717, 1.165) is 12.8 Å². The monoisotopic (exact) mass is 729 g/mol. The first kappa shape index (κ1) is 37.8. The zero-order valence-electron chi connectivity index (χ0n) is 28.9. The van der Waals surface area contributed by atoms with Crippen molar-refractivity contribution in [1.82, 2.24) is 14.7 Å². The third-order valence-corrected chi connectivity index (χ3v) is 11.4. The number of esters is 1. The first-order valence-corrected chi connectivity index (χ1v) is 18.1. The van der Waals surface area contributed by atoms with Crippen LogP contribution in [0.15, 0.2) is 55.6 Å². The Hall–Kier alpha value is -3.02. The van der Waals surface area contributed by atoms with Crippen molar-refractivity contribution in [3.05, 3.63) is 61.2 Å². The molecule has 2 unspecified atom stereocenters. The van der Waals surface area contributed by atoms with Crippen molar-refractivity contribution < 1.29 is 33.8 Å². The standard InChI is InChI=1S/C37H52BrN3O7/c1-8-12-19-28(43)39(7)24(6)31(25-17-14-13-15-18-25)47-36(46)29-30-34(44)41(26(11-4)22-42)33(37(30)21-27(38)32(29)48-37)35(45)40(20-10-3)23(5)16-9-2/h8,10,13-15,17-18,23-24,26-27,29-33,42H,1,3,9,11-12,16,19-22H2,2,4-7H3/t23?,24-,26+,27?,29-,30+,31+,32-,33-,37+/m1/s1. The van der Waals surface area contributed by atoms with Gasteiger partial charge in [-0.2, -0.15) is 0 Å². The Bertz CT molecular complexity index is 1340. The number of nitrogens with zero attached hydrogens (tertiary/aromatic N) is 3. The smallest absolute Gasteiger partial charge is 0.313 e. The van der Waals surface area contributed by atoms with Crippen molar-refractivity contribution in [3.8, 4) is 0 Å². The van der Waals surface area contributed by atoms with E-state index < -0.39 is 53.7 Å². The van der Waals surface area contributed by atoms with Crippen molar-refractivity contribution in [2.75, 3.05) is 20.2 Å². The molecule has 3 saturated heterocycles. The number of fused-ring (bicyclic) bond motifs is 1. The van der Waals surface area contributed by atoms with Crippen LogP contribution in [0.1, 0.15) is 77.9 Å². The molecule has 1 spiro atoms. The Morgan fingerprint density at radius 1 is 1.19 bits per heavy atom. The van der Waals surface area contributed by atoms with E-state index in [2.05, 4.69) is 36.0 Å². The van der Waals surface area contributed by atoms with Crippen LogP contribution in [0.2, 0.25) is 0 Å². The molecule has 0 aliphatic carbocycles. The molecule has 3 aliphatic rings. The van der Waals surface area contributed by atoms with Crippen LogP contribution in [0.4, 0.5) is 0 Å². The summed E-state index contributed by atoms with van der Waals surface area (Å²) in [4.78, 5) is 61.2. The number of aliphatic hydroxyl groups is 1. The van der Waals surface area contributed by atoms with Crippen LogP contribution in [-0.4, -0.2) is 104 Å². The average molecular weight is 731 g/mol. The number of benzene rings is 1. The number of hydrogen-bond donors (Lipinski definition) is 1. The first-order valence-electron chi connectivity index (χ1n) is 17.2. The summed E-state index contributed by atoms with van der Waals surface area (Å²) in [5.74, 6) is -3.38. The molecule has 3 heterocycles. The van der Waals surface area contributed by atoms with Gasteiger partial charge >= 0.3 is 5.97 Å². The molecule has 3 fully saturated rings. The van der Waals surface area contributed by atoms with Crippen LogP contribution >= 0.6 is 15.9 Å². The van der Waals surface area contributed by atoms with Crippen molar-refractivity contribution in [2.45, 2.75) is 113 Å². The number of carbonyl (C=O) groups excluding carboxylic acids is 4. The summed E-state index contributed by atoms with van der Waals surface area (Å²) >= 11 is 3.74. The maximum absolute atomic E-state index is 14.7. The zero-order valence-corrected chi connectivity index (χ0v) is 30.5. The minimum Gasteiger partial charge on any atom is -0.455 e. The van der Waals surface area contributed by atoms with E-state index in [1.165, 1.54) is 4.90 Å². The van der Waals surface area contributed by atoms with E-state index in [0.29, 0.717) is 24.8 Å². The number of alkyl halides is 1. The molecule has 11 heteroatoms. The molecule has 0 saturated carbocycles. The summed E-state index contributed by atoms with van der Waals surface area (Å²) in [7, 11) is 1.69. The number of carbonyl (C=O) groups is 4. The van der Waals surface area contributed by atoms with Gasteiger partial charge in [-0.3, -0.25) is 19.2 Å². The molecule has 1 N–H and O–H groups in total. The summed E-state index contributed by atoms with van der Waals surface area (Å²) in [6, 6.07) is 6.91. The number of halogens is 1. The van der Waals surface area contributed by atoms with Crippen molar-refractivity contribution in [2.24, 2.45) is 11.8 Å². The lowest BCUT2D eigenvalue weighted by atomic mass is 9.70. The van der Waals surface area contributed by atoms with Crippen LogP contribution in [0, 0.1) is 11.8 Å². The van der Waals surface area contributed by atoms with Gasteiger partial charge in [-0.15, -0.1) is 13.2 Å². The first-order chi connectivity index (χ1) is 22.9. The molecule has 3 amide bonds. The summed E-state index contributed by atoms with van der Waals surface area (Å²) in [5.41, 5.74) is -0.588. The van der Waals surface area contributed by atoms with E-state index in [1.807, 2.05) is 51.1 Å². The van der Waals surface area contributed by atoms with Gasteiger partial charge in [0.2, 0.25) is 17.7 Å². The van der Waals surface area contributed by atoms with E-state index in [9.17, 15) is 24.3 Å². The van der Waals surface area contributed by atoms with Gasteiger partial charge < -0.3 is 29.3 Å². The van der Waals surface area contributed by atoms with Crippen LogP contribution in [0.5, 0.6) is 0 Å². The lowest BCUT2D eigenvalue weighted by molar-refractivity contribution is -0.165. The Morgan fingerprint density at radius 3 is 2.46 bits per heavy atom. The fraction of sp³-hybridized carbons (Fsp3) is 0.622. The quantitative estimate of drug-likeness (QED) is 0.139. The topological polar surface area (TPSA) is 117 Å². The van der Waals surface area contributed by atoms with Gasteiger partial charge in [-0.25, -0.2) is 0 Å². The average Bonchev–Trinajstić information content (AvgIpc) is 3.68. The van der Waals surface area contributed by atoms with E-state index >= 15 is 0 Å². The minimum absolute atomic E-state index is 0.110. The molecule has 1 aromatic carbocycles. The second kappa shape index (κ2) is 16.1. The summed E-state index contributed by atoms with van der Waals surface area (Å²) < 4.78 is 13.0. The summed E-state index contributed by atoms with van der Waals surface area (Å²) in [5, 5.41) is 10.4. The molecule has 1 aromatic rings. The van der Waals surface area contributed by atoms with Crippen LogP contribution < -0.4 is 0 Å². The molecule has 2 bridgehead atoms. The highest BCUT2D eigenvalue weighted by atomic mass is 79.9. The minimum atomic E-state index is -1.30. The lowest BCUT2D eigenvalue weighted by Gasteiger charge is -2.41. The SMILES string of the molecule is C=CCCC(=O)N(C)[C@H](C)[C@H](OC(=O)[C@H]1[C@@H]2O[C@@]3(CC2Br)[C@@H]1C(=O)N([C@@H](CC)CO)[C@@H]3C(=O)N(CC=C)C(C)CCC)c1ccccc1. The Balaban J connectivity index is 1.75. The molecule has 10 atom stereocenters. The number of ether oxygens (including phenoxy) is 2. The molecule has 3 aliphatic heterocycles. The van der Waals surface area contributed by atoms with E-state index in [4.69, 9.17) is 9.47 Å². The fourth-order valence-electron chi connectivity index (χ4n) is 7.90. The van der Waals surface area contributed by atoms with Crippen LogP contribution in [-0.2, 0) is 28.7 Å². The maximum Gasteiger partial charge on any atom is 0.313 e. The van der Waals surface area contributed by atoms with E-state index in [1.54, 1.807) is 29.0 Å². The predicted octanol–water partition coefficient (Wildman–Crippen LogP) is 4.81. The molecule has 4 rings (SSSR count). The highest BCUT2D eigenvalue weighted by Gasteiger charge is 2.77. The van der Waals surface area contributed by atoms with Gasteiger partial charge in [-0.05, 0) is 45.1 Å². The maximum atomic E-state index is 14.7. The molecule has 0 radical (unpaired) electrons. The van der Waals surface area contributed by atoms with Gasteiger partial charge in [-0.1, -0.05) is 78.7 Å². The van der Waals surface area contributed by atoms with Crippen molar-refractivity contribution >= 4 is 39.6 Å². The molecule has 48 heavy (non-hydrogen) atoms. The van der Waals surface area contributed by atoms with Gasteiger partial charge in [0, 0.05) is 30.9 Å². The number of hydrogen-bond acceptors (Lipinski definition) is 7. The number of rotatable bonds is 17. The highest BCUT2D eigenvalue weighted by molar-refractivity contribution is 9.09. The largest absolute Gasteiger partial charge is 0.455 e. The number of aliphatic hydroxyl groups excluding tert-OH is 1. The van der Waals surface area contributed by atoms with Crippen molar-refractivity contribution in [1.29, 1.82) is 0 Å². The van der Waals surface area contributed by atoms with Gasteiger partial charge in [0.1, 0.15) is 17.7 Å². The second-order valence-corrected chi connectivity index (χ2v) is 14.6. The number of allylic oxidation sites excluding steroid dienone is 1. The highest BCUT2D eigenvalue weighted by Crippen LogP contribution is 2.61. The lowest BCUT2D eigenvalue weighted by Crippen LogP contribution is -2.60. The number of amides is 3. The van der Waals surface area contributed by atoms with Crippen molar-refractivity contribution in [3.63, 3.8) is 0 Å². The second-order valence-electron chi connectivity index (χ2n) is 13.4. The normalized spacial score (nSPS) is 28.3. The molecule has 10 nitrogen and oxygen atoms in total. The summed E-state index contributed by atoms with van der Waals surface area (Å²) in [6.45, 7) is 15.3. The molecular weight excluding hydrogens is 678 g/mol. The Kier molecular flexibility index (Phi) is 12.7. The third-order valence-electron chi connectivity index (χ3n) is 10.5. The van der Waals surface area contributed by atoms with Gasteiger partial charge in [0.25, 0.3) is 0 Å². The summed E-state index contributed by atoms with van der Waals surface area (Å²) in [6.07, 6.45) is 5.00. The fourth-order valence-corrected chi connectivity index (χ4v) is 8.85. The van der Waals surface area contributed by atoms with Crippen LogP contribution in [0.25, 0.3) is 0 Å². The predicted molar refractivity (Wildman–Crippen MR) is 187 cm³/mol.